The van der Waals surface area contributed by atoms with Crippen LogP contribution < -0.4 is 10.1 Å². The Bertz CT molecular complexity index is 526. The fourth-order valence-corrected chi connectivity index (χ4v) is 1.92. The zero-order chi connectivity index (χ0) is 13.8. The number of nitrogens with one attached hydrogen (secondary N) is 1. The first kappa shape index (κ1) is 13.1. The second-order valence-corrected chi connectivity index (χ2v) is 4.19. The molecule has 0 fully saturated rings. The smallest absolute Gasteiger partial charge is 0.312 e. The number of hydrogen-bond donors (Lipinski definition) is 2. The number of carbonyl (C=O) groups is 3. The lowest BCUT2D eigenvalue weighted by atomic mass is 10.0. The topological polar surface area (TPSA) is 92.7 Å². The highest BCUT2D eigenvalue weighted by Crippen LogP contribution is 2.23. The Morgan fingerprint density at radius 2 is 2.11 bits per heavy atom. The number of carboxylic acid groups (broad SMARTS) is 1. The number of carboxylic acids is 1. The van der Waals surface area contributed by atoms with Crippen LogP contribution in [-0.4, -0.2) is 35.4 Å². The van der Waals surface area contributed by atoms with E-state index in [1.807, 2.05) is 0 Å². The highest BCUT2D eigenvalue weighted by Gasteiger charge is 2.27. The number of amides is 1. The van der Waals surface area contributed by atoms with Gasteiger partial charge in [-0.1, -0.05) is 12.1 Å². The average Bonchev–Trinajstić information content (AvgIpc) is 2.50. The monoisotopic (exact) mass is 263 g/mol. The minimum Gasteiger partial charge on any atom is -0.493 e. The molecule has 1 unspecified atom stereocenters. The minimum absolute atomic E-state index is 0.258. The summed E-state index contributed by atoms with van der Waals surface area (Å²) in [7, 11) is 0. The Labute approximate surface area is 109 Å². The van der Waals surface area contributed by atoms with Crippen LogP contribution in [0.2, 0.25) is 0 Å². The third kappa shape index (κ3) is 3.09. The molecule has 0 aliphatic carbocycles. The van der Waals surface area contributed by atoms with Crippen molar-refractivity contribution in [3.05, 3.63) is 29.8 Å². The Balaban J connectivity index is 2.13. The lowest BCUT2D eigenvalue weighted by molar-refractivity contribution is -0.140. The van der Waals surface area contributed by atoms with Crippen LogP contribution in [0.5, 0.6) is 5.75 Å². The second-order valence-electron chi connectivity index (χ2n) is 4.19. The van der Waals surface area contributed by atoms with Crippen LogP contribution in [0.25, 0.3) is 0 Å². The van der Waals surface area contributed by atoms with Gasteiger partial charge in [-0.3, -0.25) is 14.4 Å². The van der Waals surface area contributed by atoms with Gasteiger partial charge in [-0.2, -0.15) is 0 Å². The standard InChI is InChI=1S/C13H13NO5/c15-11(7-12(16)17)14-9-5-6-19-10-4-2-1-3-8(10)13(9)18/h1-4,9H,5-7H2,(H,14,15)(H,16,17). The van der Waals surface area contributed by atoms with Crippen molar-refractivity contribution < 1.29 is 24.2 Å². The van der Waals surface area contributed by atoms with Crippen molar-refractivity contribution in [2.75, 3.05) is 6.61 Å². The Morgan fingerprint density at radius 1 is 1.37 bits per heavy atom. The summed E-state index contributed by atoms with van der Waals surface area (Å²) >= 11 is 0. The average molecular weight is 263 g/mol. The normalized spacial score (nSPS) is 17.9. The Kier molecular flexibility index (Phi) is 3.79. The Hall–Kier alpha value is -2.37. The van der Waals surface area contributed by atoms with E-state index in [2.05, 4.69) is 5.32 Å². The van der Waals surface area contributed by atoms with E-state index < -0.39 is 24.3 Å². The molecule has 1 aliphatic heterocycles. The number of carbonyl (C=O) groups excluding carboxylic acids is 2. The summed E-state index contributed by atoms with van der Waals surface area (Å²) in [6.45, 7) is 0.292. The zero-order valence-electron chi connectivity index (χ0n) is 10.1. The summed E-state index contributed by atoms with van der Waals surface area (Å²) in [5.41, 5.74) is 0.403. The van der Waals surface area contributed by atoms with Crippen molar-refractivity contribution in [3.8, 4) is 5.75 Å². The molecule has 1 aromatic carbocycles. The van der Waals surface area contributed by atoms with E-state index in [0.717, 1.165) is 0 Å². The number of rotatable bonds is 3. The summed E-state index contributed by atoms with van der Waals surface area (Å²) in [4.78, 5) is 34.1. The van der Waals surface area contributed by atoms with E-state index in [4.69, 9.17) is 9.84 Å². The molecule has 1 aromatic rings. The van der Waals surface area contributed by atoms with E-state index in [-0.39, 0.29) is 5.78 Å². The van der Waals surface area contributed by atoms with Gasteiger partial charge in [0.05, 0.1) is 18.2 Å². The maximum Gasteiger partial charge on any atom is 0.312 e. The van der Waals surface area contributed by atoms with Gasteiger partial charge < -0.3 is 15.2 Å². The molecule has 0 bridgehead atoms. The van der Waals surface area contributed by atoms with Crippen LogP contribution in [0, 0.1) is 0 Å². The maximum absolute atomic E-state index is 12.2. The van der Waals surface area contributed by atoms with Crippen molar-refractivity contribution in [1.82, 2.24) is 5.32 Å². The van der Waals surface area contributed by atoms with E-state index in [0.29, 0.717) is 24.3 Å². The van der Waals surface area contributed by atoms with Crippen molar-refractivity contribution in [3.63, 3.8) is 0 Å². The van der Waals surface area contributed by atoms with Gasteiger partial charge in [-0.15, -0.1) is 0 Å². The molecule has 0 aromatic heterocycles. The molecule has 6 heteroatoms. The predicted octanol–water partition coefficient (Wildman–Crippen LogP) is 0.611. The van der Waals surface area contributed by atoms with Crippen LogP contribution in [0.4, 0.5) is 0 Å². The lowest BCUT2D eigenvalue weighted by Gasteiger charge is -2.13. The maximum atomic E-state index is 12.2. The second kappa shape index (κ2) is 5.51. The number of para-hydroxylation sites is 1. The molecule has 2 rings (SSSR count). The SMILES string of the molecule is O=C(O)CC(=O)NC1CCOc2ccccc2C1=O. The fraction of sp³-hybridized carbons (Fsp3) is 0.308. The van der Waals surface area contributed by atoms with Gasteiger partial charge >= 0.3 is 5.97 Å². The van der Waals surface area contributed by atoms with Crippen molar-refractivity contribution in [2.45, 2.75) is 18.9 Å². The van der Waals surface area contributed by atoms with Gasteiger partial charge in [0.15, 0.2) is 5.78 Å². The van der Waals surface area contributed by atoms with E-state index in [1.54, 1.807) is 24.3 Å². The van der Waals surface area contributed by atoms with Gasteiger partial charge in [0.2, 0.25) is 5.91 Å². The molecule has 100 valence electrons. The summed E-state index contributed by atoms with van der Waals surface area (Å²) in [6.07, 6.45) is -0.328. The highest BCUT2D eigenvalue weighted by molar-refractivity contribution is 6.05. The largest absolute Gasteiger partial charge is 0.493 e. The van der Waals surface area contributed by atoms with Crippen LogP contribution >= 0.6 is 0 Å². The van der Waals surface area contributed by atoms with Crippen LogP contribution in [0.1, 0.15) is 23.2 Å². The molecular weight excluding hydrogens is 250 g/mol. The number of ether oxygens (including phenoxy) is 1. The molecule has 0 spiro atoms. The van der Waals surface area contributed by atoms with E-state index >= 15 is 0 Å². The number of Topliss-reactive ketones (excluding diaryl/α,β-unsaturated/α-hetero) is 1. The van der Waals surface area contributed by atoms with Crippen molar-refractivity contribution in [2.24, 2.45) is 0 Å². The first-order valence-corrected chi connectivity index (χ1v) is 5.85. The summed E-state index contributed by atoms with van der Waals surface area (Å²) in [6, 6.07) is 6.04. The number of hydrogen-bond acceptors (Lipinski definition) is 4. The molecule has 2 N–H and O–H groups in total. The van der Waals surface area contributed by atoms with Gasteiger partial charge in [-0.05, 0) is 12.1 Å². The molecule has 0 saturated carbocycles. The predicted molar refractivity (Wildman–Crippen MR) is 65.1 cm³/mol. The highest BCUT2D eigenvalue weighted by atomic mass is 16.5. The first-order chi connectivity index (χ1) is 9.08. The lowest BCUT2D eigenvalue weighted by Crippen LogP contribution is -2.41. The molecule has 1 atom stereocenters. The fourth-order valence-electron chi connectivity index (χ4n) is 1.92. The van der Waals surface area contributed by atoms with E-state index in [1.165, 1.54) is 0 Å². The number of benzene rings is 1. The minimum atomic E-state index is -1.23. The van der Waals surface area contributed by atoms with Gasteiger partial charge in [0, 0.05) is 6.42 Å². The first-order valence-electron chi connectivity index (χ1n) is 5.85. The number of ketones is 1. The summed E-state index contributed by atoms with van der Waals surface area (Å²) < 4.78 is 5.42. The molecule has 6 nitrogen and oxygen atoms in total. The molecular formula is C13H13NO5. The van der Waals surface area contributed by atoms with Gasteiger partial charge in [-0.25, -0.2) is 0 Å². The van der Waals surface area contributed by atoms with E-state index in [9.17, 15) is 14.4 Å². The molecule has 19 heavy (non-hydrogen) atoms. The number of aliphatic carboxylic acids is 1. The van der Waals surface area contributed by atoms with Crippen LogP contribution in [0.3, 0.4) is 0 Å². The number of fused-ring (bicyclic) bond motifs is 1. The molecule has 0 radical (unpaired) electrons. The molecule has 1 aliphatic rings. The molecule has 1 amide bonds. The summed E-state index contributed by atoms with van der Waals surface area (Å²) in [5, 5.41) is 11.0. The Morgan fingerprint density at radius 3 is 2.84 bits per heavy atom. The summed E-state index contributed by atoms with van der Waals surface area (Å²) in [5.74, 6) is -1.67. The van der Waals surface area contributed by atoms with Crippen LogP contribution in [0.15, 0.2) is 24.3 Å². The third-order valence-corrected chi connectivity index (χ3v) is 2.78. The van der Waals surface area contributed by atoms with Crippen molar-refractivity contribution in [1.29, 1.82) is 0 Å². The molecule has 1 heterocycles. The van der Waals surface area contributed by atoms with Gasteiger partial charge in [0.25, 0.3) is 0 Å². The van der Waals surface area contributed by atoms with Gasteiger partial charge in [0.1, 0.15) is 12.2 Å². The van der Waals surface area contributed by atoms with Crippen LogP contribution in [-0.2, 0) is 9.59 Å². The third-order valence-electron chi connectivity index (χ3n) is 2.78. The molecule has 0 saturated heterocycles. The zero-order valence-corrected chi connectivity index (χ0v) is 10.1. The quantitative estimate of drug-likeness (QED) is 0.779. The van der Waals surface area contributed by atoms with Crippen molar-refractivity contribution >= 4 is 17.7 Å².